The molecule has 0 saturated carbocycles. The van der Waals surface area contributed by atoms with E-state index in [9.17, 15) is 26.7 Å². The van der Waals surface area contributed by atoms with E-state index in [4.69, 9.17) is 0 Å². The monoisotopic (exact) mass is 239 g/mol. The molecule has 0 spiro atoms. The van der Waals surface area contributed by atoms with Crippen molar-refractivity contribution in [1.82, 2.24) is 0 Å². The van der Waals surface area contributed by atoms with Crippen LogP contribution in [0.5, 0.6) is 0 Å². The molecular formula is C9H6F5NO. The quantitative estimate of drug-likeness (QED) is 0.750. The zero-order valence-electron chi connectivity index (χ0n) is 7.95. The molecule has 0 aliphatic heterocycles. The average Bonchev–Trinajstić information content (AvgIpc) is 2.07. The SMILES string of the molecule is CC(=O)Nc1cc(F)cc(C(F)(F)F)c1F. The molecule has 1 amide bonds. The van der Waals surface area contributed by atoms with E-state index in [2.05, 4.69) is 0 Å². The minimum absolute atomic E-state index is 0.0284. The van der Waals surface area contributed by atoms with Gasteiger partial charge in [0, 0.05) is 13.0 Å². The Morgan fingerprint density at radius 3 is 2.25 bits per heavy atom. The van der Waals surface area contributed by atoms with Crippen LogP contribution in [-0.4, -0.2) is 5.91 Å². The van der Waals surface area contributed by atoms with Crippen LogP contribution in [0.25, 0.3) is 0 Å². The third kappa shape index (κ3) is 2.68. The molecular weight excluding hydrogens is 233 g/mol. The number of rotatable bonds is 1. The van der Waals surface area contributed by atoms with Crippen molar-refractivity contribution in [3.63, 3.8) is 0 Å². The lowest BCUT2D eigenvalue weighted by Gasteiger charge is -2.11. The van der Waals surface area contributed by atoms with E-state index in [-0.39, 0.29) is 6.07 Å². The van der Waals surface area contributed by atoms with Gasteiger partial charge in [-0.3, -0.25) is 4.79 Å². The van der Waals surface area contributed by atoms with Crippen LogP contribution in [0.1, 0.15) is 12.5 Å². The Morgan fingerprint density at radius 1 is 1.25 bits per heavy atom. The molecule has 1 aromatic rings. The summed E-state index contributed by atoms with van der Waals surface area (Å²) in [5, 5.41) is 1.77. The molecule has 7 heteroatoms. The van der Waals surface area contributed by atoms with Gasteiger partial charge in [0.2, 0.25) is 5.91 Å². The smallest absolute Gasteiger partial charge is 0.324 e. The molecule has 0 aliphatic rings. The number of nitrogens with one attached hydrogen (secondary N) is 1. The highest BCUT2D eigenvalue weighted by molar-refractivity contribution is 5.88. The highest BCUT2D eigenvalue weighted by atomic mass is 19.4. The Labute approximate surface area is 87.1 Å². The predicted molar refractivity (Wildman–Crippen MR) is 45.7 cm³/mol. The van der Waals surface area contributed by atoms with Gasteiger partial charge < -0.3 is 5.32 Å². The van der Waals surface area contributed by atoms with Crippen LogP contribution in [0.2, 0.25) is 0 Å². The zero-order chi connectivity index (χ0) is 12.5. The van der Waals surface area contributed by atoms with Crippen LogP contribution in [0, 0.1) is 11.6 Å². The van der Waals surface area contributed by atoms with Crippen LogP contribution in [0.15, 0.2) is 12.1 Å². The molecule has 0 atom stereocenters. The molecule has 1 N–H and O–H groups in total. The van der Waals surface area contributed by atoms with Gasteiger partial charge in [-0.2, -0.15) is 13.2 Å². The fourth-order valence-electron chi connectivity index (χ4n) is 1.08. The van der Waals surface area contributed by atoms with Crippen molar-refractivity contribution in [3.05, 3.63) is 29.3 Å². The lowest BCUT2D eigenvalue weighted by molar-refractivity contribution is -0.140. The summed E-state index contributed by atoms with van der Waals surface area (Å²) in [7, 11) is 0. The van der Waals surface area contributed by atoms with Gasteiger partial charge in [-0.1, -0.05) is 0 Å². The van der Waals surface area contributed by atoms with E-state index >= 15 is 0 Å². The Hall–Kier alpha value is -1.66. The molecule has 0 heterocycles. The van der Waals surface area contributed by atoms with Crippen molar-refractivity contribution >= 4 is 11.6 Å². The summed E-state index contributed by atoms with van der Waals surface area (Å²) in [6.45, 7) is 0.970. The number of benzene rings is 1. The number of halogens is 5. The minimum Gasteiger partial charge on any atom is -0.324 e. The van der Waals surface area contributed by atoms with Gasteiger partial charge in [-0.15, -0.1) is 0 Å². The van der Waals surface area contributed by atoms with Gasteiger partial charge in [0.15, 0.2) is 5.82 Å². The largest absolute Gasteiger partial charge is 0.419 e. The topological polar surface area (TPSA) is 29.1 Å². The first-order valence-corrected chi connectivity index (χ1v) is 4.05. The molecule has 0 fully saturated rings. The maximum atomic E-state index is 13.2. The lowest BCUT2D eigenvalue weighted by Crippen LogP contribution is -2.14. The van der Waals surface area contributed by atoms with E-state index in [0.717, 1.165) is 6.92 Å². The first kappa shape index (κ1) is 12.4. The molecule has 1 aromatic carbocycles. The molecule has 16 heavy (non-hydrogen) atoms. The summed E-state index contributed by atoms with van der Waals surface area (Å²) in [5.74, 6) is -3.78. The van der Waals surface area contributed by atoms with Gasteiger partial charge in [0.05, 0.1) is 11.3 Å². The maximum Gasteiger partial charge on any atom is 0.419 e. The standard InChI is InChI=1S/C9H6F5NO/c1-4(16)15-7-3-5(10)2-6(8(7)11)9(12,13)14/h2-3H,1H3,(H,15,16). The Balaban J connectivity index is 3.32. The van der Waals surface area contributed by atoms with Gasteiger partial charge in [-0.25, -0.2) is 8.78 Å². The number of carbonyl (C=O) groups excluding carboxylic acids is 1. The summed E-state index contributed by atoms with van der Waals surface area (Å²) >= 11 is 0. The molecule has 1 rings (SSSR count). The van der Waals surface area contributed by atoms with E-state index in [1.165, 1.54) is 0 Å². The van der Waals surface area contributed by atoms with Crippen LogP contribution < -0.4 is 5.32 Å². The lowest BCUT2D eigenvalue weighted by atomic mass is 10.1. The number of amides is 1. The molecule has 2 nitrogen and oxygen atoms in total. The number of carbonyl (C=O) groups is 1. The van der Waals surface area contributed by atoms with E-state index < -0.39 is 35.0 Å². The second-order valence-corrected chi connectivity index (χ2v) is 2.99. The second kappa shape index (κ2) is 4.07. The molecule has 0 unspecified atom stereocenters. The minimum atomic E-state index is -5.01. The summed E-state index contributed by atoms with van der Waals surface area (Å²) in [6.07, 6.45) is -5.01. The normalized spacial score (nSPS) is 11.4. The summed E-state index contributed by atoms with van der Waals surface area (Å²) in [5.41, 5.74) is -2.59. The molecule has 0 bridgehead atoms. The van der Waals surface area contributed by atoms with Crippen LogP contribution in [0.4, 0.5) is 27.6 Å². The van der Waals surface area contributed by atoms with Crippen molar-refractivity contribution in [3.8, 4) is 0 Å². The van der Waals surface area contributed by atoms with Gasteiger partial charge >= 0.3 is 6.18 Å². The fraction of sp³-hybridized carbons (Fsp3) is 0.222. The van der Waals surface area contributed by atoms with Crippen LogP contribution in [0.3, 0.4) is 0 Å². The van der Waals surface area contributed by atoms with Crippen molar-refractivity contribution in [1.29, 1.82) is 0 Å². The van der Waals surface area contributed by atoms with Gasteiger partial charge in [0.25, 0.3) is 0 Å². The van der Waals surface area contributed by atoms with E-state index in [1.54, 1.807) is 5.32 Å². The molecule has 0 aliphatic carbocycles. The van der Waals surface area contributed by atoms with Crippen molar-refractivity contribution in [2.24, 2.45) is 0 Å². The summed E-state index contributed by atoms with van der Waals surface area (Å²) < 4.78 is 62.7. The van der Waals surface area contributed by atoms with Crippen LogP contribution >= 0.6 is 0 Å². The first-order valence-electron chi connectivity index (χ1n) is 4.05. The number of hydrogen-bond acceptors (Lipinski definition) is 1. The Bertz CT molecular complexity index is 427. The first-order chi connectivity index (χ1) is 7.21. The predicted octanol–water partition coefficient (Wildman–Crippen LogP) is 2.94. The Morgan fingerprint density at radius 2 is 1.81 bits per heavy atom. The fourth-order valence-corrected chi connectivity index (χ4v) is 1.08. The molecule has 0 radical (unpaired) electrons. The van der Waals surface area contributed by atoms with Crippen LogP contribution in [-0.2, 0) is 11.0 Å². The van der Waals surface area contributed by atoms with Gasteiger partial charge in [0.1, 0.15) is 5.82 Å². The summed E-state index contributed by atoms with van der Waals surface area (Å²) in [4.78, 5) is 10.6. The highest BCUT2D eigenvalue weighted by Gasteiger charge is 2.36. The highest BCUT2D eigenvalue weighted by Crippen LogP contribution is 2.34. The number of alkyl halides is 3. The third-order valence-corrected chi connectivity index (χ3v) is 1.65. The maximum absolute atomic E-state index is 13.2. The number of anilines is 1. The van der Waals surface area contributed by atoms with Crippen molar-refractivity contribution in [2.45, 2.75) is 13.1 Å². The van der Waals surface area contributed by atoms with Gasteiger partial charge in [-0.05, 0) is 6.07 Å². The average molecular weight is 239 g/mol. The molecule has 0 saturated heterocycles. The summed E-state index contributed by atoms with van der Waals surface area (Å²) in [6, 6.07) is 0.507. The number of hydrogen-bond donors (Lipinski definition) is 1. The Kier molecular flexibility index (Phi) is 3.16. The second-order valence-electron chi connectivity index (χ2n) is 2.99. The van der Waals surface area contributed by atoms with Crippen molar-refractivity contribution in [2.75, 3.05) is 5.32 Å². The zero-order valence-corrected chi connectivity index (χ0v) is 7.95. The molecule has 0 aromatic heterocycles. The van der Waals surface area contributed by atoms with Crippen molar-refractivity contribution < 1.29 is 26.7 Å². The van der Waals surface area contributed by atoms with E-state index in [0.29, 0.717) is 6.07 Å². The molecule has 88 valence electrons. The van der Waals surface area contributed by atoms with E-state index in [1.807, 2.05) is 0 Å². The third-order valence-electron chi connectivity index (χ3n) is 1.65.